The Kier molecular flexibility index (Phi) is 2.69. The van der Waals surface area contributed by atoms with E-state index in [1.807, 2.05) is 12.1 Å². The number of fused-ring (bicyclic) bond motifs is 5. The molecule has 0 heterocycles. The average molecular weight is 278 g/mol. The van der Waals surface area contributed by atoms with Crippen molar-refractivity contribution in [2.75, 3.05) is 0 Å². The fraction of sp³-hybridized carbons (Fsp3) is 0.400. The van der Waals surface area contributed by atoms with Crippen molar-refractivity contribution < 1.29 is 5.11 Å². The van der Waals surface area contributed by atoms with E-state index in [9.17, 15) is 5.11 Å². The van der Waals surface area contributed by atoms with E-state index in [0.717, 1.165) is 6.42 Å². The molecule has 1 N–H and O–H groups in total. The number of phenols is 1. The van der Waals surface area contributed by atoms with Crippen molar-refractivity contribution in [2.24, 2.45) is 5.41 Å². The second kappa shape index (κ2) is 4.37. The highest BCUT2D eigenvalue weighted by atomic mass is 16.3. The van der Waals surface area contributed by atoms with Crippen LogP contribution in [-0.4, -0.2) is 5.11 Å². The molecule has 0 aromatic heterocycles. The molecule has 2 aliphatic rings. The lowest BCUT2D eigenvalue weighted by Crippen LogP contribution is -2.29. The lowest BCUT2D eigenvalue weighted by molar-refractivity contribution is 0.288. The van der Waals surface area contributed by atoms with Gasteiger partial charge in [0.05, 0.1) is 0 Å². The Labute approximate surface area is 126 Å². The molecule has 2 aliphatic carbocycles. The van der Waals surface area contributed by atoms with Crippen LogP contribution < -0.4 is 0 Å². The molecule has 21 heavy (non-hydrogen) atoms. The van der Waals surface area contributed by atoms with Gasteiger partial charge in [-0.15, -0.1) is 0 Å². The molecule has 2 atom stereocenters. The molecule has 1 heteroatoms. The third-order valence-corrected chi connectivity index (χ3v) is 5.90. The van der Waals surface area contributed by atoms with E-state index in [2.05, 4.69) is 38.1 Å². The summed E-state index contributed by atoms with van der Waals surface area (Å²) in [7, 11) is 0. The summed E-state index contributed by atoms with van der Waals surface area (Å²) in [6, 6.07) is 10.3. The van der Waals surface area contributed by atoms with E-state index in [0.29, 0.717) is 17.1 Å². The molecular weight excluding hydrogens is 256 g/mol. The molecule has 1 unspecified atom stereocenters. The molecule has 0 aliphatic heterocycles. The van der Waals surface area contributed by atoms with Crippen LogP contribution in [0.15, 0.2) is 42.0 Å². The van der Waals surface area contributed by atoms with Gasteiger partial charge in [0.2, 0.25) is 0 Å². The fourth-order valence-corrected chi connectivity index (χ4v) is 4.72. The SMILES string of the molecule is CCC1=CCC2c3ccc4cc(O)ccc4c3CC[C@]12C. The molecule has 1 nitrogen and oxygen atoms in total. The highest BCUT2D eigenvalue weighted by Crippen LogP contribution is 2.57. The highest BCUT2D eigenvalue weighted by Gasteiger charge is 2.44. The number of aryl methyl sites for hydroxylation is 1. The van der Waals surface area contributed by atoms with Crippen molar-refractivity contribution in [3.63, 3.8) is 0 Å². The van der Waals surface area contributed by atoms with E-state index in [1.165, 1.54) is 35.6 Å². The Morgan fingerprint density at radius 3 is 2.90 bits per heavy atom. The number of hydrogen-bond donors (Lipinski definition) is 1. The summed E-state index contributed by atoms with van der Waals surface area (Å²) < 4.78 is 0. The van der Waals surface area contributed by atoms with Gasteiger partial charge < -0.3 is 5.11 Å². The summed E-state index contributed by atoms with van der Waals surface area (Å²) in [5.41, 5.74) is 5.08. The maximum absolute atomic E-state index is 9.68. The standard InChI is InChI=1S/C20H22O/c1-3-14-5-9-19-18-7-4-13-12-15(21)6-8-16(13)17(18)10-11-20(14,19)2/h4-8,12,19,21H,3,9-11H2,1-2H3/t19?,20-/m1/s1. The van der Waals surface area contributed by atoms with Crippen molar-refractivity contribution in [1.82, 2.24) is 0 Å². The maximum Gasteiger partial charge on any atom is 0.116 e. The first-order valence-corrected chi connectivity index (χ1v) is 8.07. The van der Waals surface area contributed by atoms with E-state index >= 15 is 0 Å². The lowest BCUT2D eigenvalue weighted by Gasteiger charge is -2.41. The van der Waals surface area contributed by atoms with Crippen LogP contribution in [-0.2, 0) is 6.42 Å². The van der Waals surface area contributed by atoms with Crippen molar-refractivity contribution in [1.29, 1.82) is 0 Å². The Bertz CT molecular complexity index is 756. The van der Waals surface area contributed by atoms with Crippen molar-refractivity contribution in [3.05, 3.63) is 53.1 Å². The third-order valence-electron chi connectivity index (χ3n) is 5.90. The van der Waals surface area contributed by atoms with Gasteiger partial charge in [-0.25, -0.2) is 0 Å². The number of allylic oxidation sites excluding steroid dienone is 2. The first kappa shape index (κ1) is 12.9. The lowest BCUT2D eigenvalue weighted by atomic mass is 9.63. The van der Waals surface area contributed by atoms with Crippen LogP contribution in [0.2, 0.25) is 0 Å². The molecule has 2 aromatic rings. The van der Waals surface area contributed by atoms with E-state index in [-0.39, 0.29) is 0 Å². The Hall–Kier alpha value is -1.76. The topological polar surface area (TPSA) is 20.2 Å². The normalized spacial score (nSPS) is 27.3. The quantitative estimate of drug-likeness (QED) is 0.700. The van der Waals surface area contributed by atoms with Crippen LogP contribution in [0.4, 0.5) is 0 Å². The van der Waals surface area contributed by atoms with E-state index in [4.69, 9.17) is 0 Å². The number of benzene rings is 2. The average Bonchev–Trinajstić information content (AvgIpc) is 2.83. The number of aromatic hydroxyl groups is 1. The van der Waals surface area contributed by atoms with Crippen molar-refractivity contribution >= 4 is 10.8 Å². The number of rotatable bonds is 1. The second-order valence-corrected chi connectivity index (χ2v) is 6.83. The van der Waals surface area contributed by atoms with Gasteiger partial charge >= 0.3 is 0 Å². The van der Waals surface area contributed by atoms with Gasteiger partial charge in [-0.2, -0.15) is 0 Å². The third kappa shape index (κ3) is 1.70. The molecule has 0 radical (unpaired) electrons. The van der Waals surface area contributed by atoms with Crippen molar-refractivity contribution in [2.45, 2.75) is 45.4 Å². The highest BCUT2D eigenvalue weighted by molar-refractivity contribution is 5.88. The first-order chi connectivity index (χ1) is 10.1. The van der Waals surface area contributed by atoms with Gasteiger partial charge in [0.25, 0.3) is 0 Å². The van der Waals surface area contributed by atoms with Crippen LogP contribution in [0.25, 0.3) is 10.8 Å². The van der Waals surface area contributed by atoms with Gasteiger partial charge in [0.15, 0.2) is 0 Å². The minimum absolute atomic E-state index is 0.360. The number of hydrogen-bond acceptors (Lipinski definition) is 1. The predicted molar refractivity (Wildman–Crippen MR) is 87.8 cm³/mol. The summed E-state index contributed by atoms with van der Waals surface area (Å²) in [6.07, 6.45) is 7.27. The predicted octanol–water partition coefficient (Wildman–Crippen LogP) is 5.32. The molecule has 0 amide bonds. The van der Waals surface area contributed by atoms with Gasteiger partial charge in [0, 0.05) is 0 Å². The van der Waals surface area contributed by atoms with Gasteiger partial charge in [0.1, 0.15) is 5.75 Å². The zero-order chi connectivity index (χ0) is 14.6. The van der Waals surface area contributed by atoms with Crippen LogP contribution in [0.5, 0.6) is 5.75 Å². The molecule has 0 spiro atoms. The monoisotopic (exact) mass is 278 g/mol. The summed E-state index contributed by atoms with van der Waals surface area (Å²) in [6.45, 7) is 4.75. The molecule has 108 valence electrons. The zero-order valence-corrected chi connectivity index (χ0v) is 12.8. The van der Waals surface area contributed by atoms with Crippen molar-refractivity contribution in [3.8, 4) is 5.75 Å². The Balaban J connectivity index is 1.89. The minimum Gasteiger partial charge on any atom is -0.508 e. The molecule has 0 fully saturated rings. The summed E-state index contributed by atoms with van der Waals surface area (Å²) >= 11 is 0. The van der Waals surface area contributed by atoms with Crippen LogP contribution in [0.3, 0.4) is 0 Å². The zero-order valence-electron chi connectivity index (χ0n) is 12.8. The fourth-order valence-electron chi connectivity index (χ4n) is 4.72. The number of phenolic OH excluding ortho intramolecular Hbond substituents is 1. The summed E-state index contributed by atoms with van der Waals surface area (Å²) in [4.78, 5) is 0. The molecular formula is C20H22O. The Morgan fingerprint density at radius 1 is 1.24 bits per heavy atom. The van der Waals surface area contributed by atoms with Gasteiger partial charge in [-0.1, -0.05) is 43.7 Å². The molecule has 0 saturated heterocycles. The van der Waals surface area contributed by atoms with Crippen LogP contribution >= 0.6 is 0 Å². The molecule has 0 saturated carbocycles. The van der Waals surface area contributed by atoms with E-state index in [1.54, 1.807) is 11.1 Å². The smallest absolute Gasteiger partial charge is 0.116 e. The summed E-state index contributed by atoms with van der Waals surface area (Å²) in [5, 5.41) is 12.2. The largest absolute Gasteiger partial charge is 0.508 e. The maximum atomic E-state index is 9.68. The molecule has 0 bridgehead atoms. The van der Waals surface area contributed by atoms with Gasteiger partial charge in [-0.3, -0.25) is 0 Å². The second-order valence-electron chi connectivity index (χ2n) is 6.83. The van der Waals surface area contributed by atoms with Crippen LogP contribution in [0.1, 0.15) is 50.2 Å². The molecule has 4 rings (SSSR count). The summed E-state index contributed by atoms with van der Waals surface area (Å²) in [5.74, 6) is 1.01. The molecule has 2 aromatic carbocycles. The minimum atomic E-state index is 0.360. The van der Waals surface area contributed by atoms with E-state index < -0.39 is 0 Å². The van der Waals surface area contributed by atoms with Crippen LogP contribution in [0, 0.1) is 5.41 Å². The Morgan fingerprint density at radius 2 is 2.10 bits per heavy atom. The van der Waals surface area contributed by atoms with Gasteiger partial charge in [-0.05, 0) is 71.0 Å². The first-order valence-electron chi connectivity index (χ1n) is 8.07.